The van der Waals surface area contributed by atoms with Gasteiger partial charge in [-0.1, -0.05) is 12.1 Å². The highest BCUT2D eigenvalue weighted by molar-refractivity contribution is 5.91. The number of hydrogen-bond acceptors (Lipinski definition) is 8. The molecule has 4 rings (SSSR count). The van der Waals surface area contributed by atoms with Crippen molar-refractivity contribution in [3.8, 4) is 45.8 Å². The largest absolute Gasteiger partial charge is 0.507 e. The zero-order chi connectivity index (χ0) is 24.9. The van der Waals surface area contributed by atoms with E-state index in [1.807, 2.05) is 0 Å². The van der Waals surface area contributed by atoms with Gasteiger partial charge in [0.05, 0.1) is 19.1 Å². The van der Waals surface area contributed by atoms with Crippen molar-refractivity contribution in [2.24, 2.45) is 4.99 Å². The number of furan rings is 1. The Morgan fingerprint density at radius 2 is 1.60 bits per heavy atom. The lowest BCUT2D eigenvalue weighted by Gasteiger charge is -2.06. The second-order valence-electron chi connectivity index (χ2n) is 7.31. The predicted octanol–water partition coefficient (Wildman–Crippen LogP) is 5.87. The molecule has 0 saturated heterocycles. The quantitative estimate of drug-likeness (QED) is 0.203. The molecule has 0 unspecified atom stereocenters. The van der Waals surface area contributed by atoms with Crippen LogP contribution in [0.15, 0.2) is 76.1 Å². The van der Waals surface area contributed by atoms with Gasteiger partial charge >= 0.3 is 0 Å². The van der Waals surface area contributed by atoms with Crippen molar-refractivity contribution in [1.82, 2.24) is 0 Å². The fraction of sp³-hybridized carbons (Fsp3) is 0.0769. The zero-order valence-electron chi connectivity index (χ0n) is 18.8. The molecule has 35 heavy (non-hydrogen) atoms. The molecular formula is C26H19N3O6. The highest BCUT2D eigenvalue weighted by atomic mass is 16.6. The second kappa shape index (κ2) is 9.80. The predicted molar refractivity (Wildman–Crippen MR) is 129 cm³/mol. The summed E-state index contributed by atoms with van der Waals surface area (Å²) >= 11 is 0. The molecule has 174 valence electrons. The van der Waals surface area contributed by atoms with Crippen LogP contribution in [0.25, 0.3) is 22.5 Å². The Bertz CT molecular complexity index is 1450. The van der Waals surface area contributed by atoms with E-state index in [1.165, 1.54) is 24.4 Å². The van der Waals surface area contributed by atoms with E-state index in [0.29, 0.717) is 33.9 Å². The van der Waals surface area contributed by atoms with E-state index < -0.39 is 4.92 Å². The molecule has 0 aliphatic carbocycles. The molecule has 0 atom stereocenters. The lowest BCUT2D eigenvalue weighted by Crippen LogP contribution is -1.90. The minimum atomic E-state index is -0.575. The number of benzene rings is 3. The van der Waals surface area contributed by atoms with Gasteiger partial charge in [-0.2, -0.15) is 5.26 Å². The molecule has 0 radical (unpaired) electrons. The van der Waals surface area contributed by atoms with Gasteiger partial charge in [0.15, 0.2) is 0 Å². The molecule has 1 N–H and O–H groups in total. The van der Waals surface area contributed by atoms with Crippen molar-refractivity contribution in [1.29, 1.82) is 5.26 Å². The van der Waals surface area contributed by atoms with Gasteiger partial charge in [0, 0.05) is 35.0 Å². The lowest BCUT2D eigenvalue weighted by atomic mass is 9.98. The number of nitro groups is 1. The Morgan fingerprint density at radius 1 is 1.00 bits per heavy atom. The fourth-order valence-corrected chi connectivity index (χ4v) is 3.48. The van der Waals surface area contributed by atoms with Crippen LogP contribution in [-0.4, -0.2) is 30.5 Å². The average molecular weight is 469 g/mol. The molecule has 0 spiro atoms. The number of aromatic hydroxyl groups is 1. The molecule has 0 bridgehead atoms. The minimum absolute atomic E-state index is 0.00459. The Kier molecular flexibility index (Phi) is 6.46. The van der Waals surface area contributed by atoms with E-state index in [0.717, 1.165) is 0 Å². The van der Waals surface area contributed by atoms with Crippen molar-refractivity contribution in [2.75, 3.05) is 14.2 Å². The molecule has 0 amide bonds. The molecule has 9 nitrogen and oxygen atoms in total. The van der Waals surface area contributed by atoms with Crippen molar-refractivity contribution >= 4 is 17.8 Å². The molecular weight excluding hydrogens is 450 g/mol. The summed E-state index contributed by atoms with van der Waals surface area (Å²) in [6.07, 6.45) is 1.22. The Hall–Kier alpha value is -5.10. The van der Waals surface area contributed by atoms with Gasteiger partial charge in [-0.25, -0.2) is 4.99 Å². The van der Waals surface area contributed by atoms with Gasteiger partial charge in [-0.05, 0) is 48.0 Å². The van der Waals surface area contributed by atoms with E-state index in [-0.39, 0.29) is 28.4 Å². The monoisotopic (exact) mass is 469 g/mol. The molecule has 4 aromatic rings. The van der Waals surface area contributed by atoms with Gasteiger partial charge in [0.25, 0.3) is 5.69 Å². The summed E-state index contributed by atoms with van der Waals surface area (Å²) in [6, 6.07) is 20.0. The first-order valence-electron chi connectivity index (χ1n) is 10.3. The first-order valence-corrected chi connectivity index (χ1v) is 10.3. The third kappa shape index (κ3) is 4.67. The smallest absolute Gasteiger partial charge is 0.270 e. The maximum atomic E-state index is 11.1. The number of phenols is 1. The van der Waals surface area contributed by atoms with Crippen LogP contribution < -0.4 is 9.47 Å². The Morgan fingerprint density at radius 3 is 2.14 bits per heavy atom. The number of hydrogen-bond donors (Lipinski definition) is 1. The van der Waals surface area contributed by atoms with E-state index in [1.54, 1.807) is 62.8 Å². The summed E-state index contributed by atoms with van der Waals surface area (Å²) in [5.74, 6) is 1.52. The standard InChI is InChI=1S/C26H19N3O6/c1-33-20-8-3-16(4-9-20)24-22(14-27)26(35-25(24)17-5-10-21(34-2)11-6-17)28-15-18-13-19(29(31)32)7-12-23(18)30/h3-13,15,30H,1-2H3/b28-15+. The number of rotatable bonds is 7. The summed E-state index contributed by atoms with van der Waals surface area (Å²) in [5, 5.41) is 31.2. The SMILES string of the molecule is COc1ccc(-c2oc(/N=C/c3cc([N+](=O)[O-])ccc3O)c(C#N)c2-c2ccc(OC)cc2)cc1. The van der Waals surface area contributed by atoms with Gasteiger partial charge in [-0.3, -0.25) is 10.1 Å². The maximum absolute atomic E-state index is 11.1. The third-order valence-corrected chi connectivity index (χ3v) is 5.28. The van der Waals surface area contributed by atoms with Gasteiger partial charge in [0.1, 0.15) is 34.6 Å². The van der Waals surface area contributed by atoms with Crippen LogP contribution >= 0.6 is 0 Å². The Balaban J connectivity index is 1.87. The average Bonchev–Trinajstić information content (AvgIpc) is 3.26. The highest BCUT2D eigenvalue weighted by Gasteiger charge is 2.23. The lowest BCUT2D eigenvalue weighted by molar-refractivity contribution is -0.384. The molecule has 3 aromatic carbocycles. The van der Waals surface area contributed by atoms with Crippen molar-refractivity contribution in [2.45, 2.75) is 0 Å². The van der Waals surface area contributed by atoms with E-state index in [9.17, 15) is 20.5 Å². The number of nitro benzene ring substituents is 1. The van der Waals surface area contributed by atoms with Crippen LogP contribution in [0.4, 0.5) is 11.6 Å². The topological polar surface area (TPSA) is 131 Å². The van der Waals surface area contributed by atoms with Crippen LogP contribution in [0.3, 0.4) is 0 Å². The molecule has 1 aromatic heterocycles. The van der Waals surface area contributed by atoms with Crippen LogP contribution in [0.1, 0.15) is 11.1 Å². The number of ether oxygens (including phenoxy) is 2. The third-order valence-electron chi connectivity index (χ3n) is 5.28. The molecule has 9 heteroatoms. The molecule has 0 aliphatic rings. The molecule has 1 heterocycles. The van der Waals surface area contributed by atoms with Crippen LogP contribution in [0.2, 0.25) is 0 Å². The molecule has 0 fully saturated rings. The number of nitriles is 1. The van der Waals surface area contributed by atoms with Crippen molar-refractivity contribution in [3.63, 3.8) is 0 Å². The minimum Gasteiger partial charge on any atom is -0.507 e. The van der Waals surface area contributed by atoms with E-state index in [2.05, 4.69) is 11.1 Å². The number of methoxy groups -OCH3 is 2. The highest BCUT2D eigenvalue weighted by Crippen LogP contribution is 2.43. The fourth-order valence-electron chi connectivity index (χ4n) is 3.48. The van der Waals surface area contributed by atoms with Crippen molar-refractivity contribution in [3.05, 3.63) is 88.0 Å². The summed E-state index contributed by atoms with van der Waals surface area (Å²) in [6.45, 7) is 0. The first kappa shape index (κ1) is 23.1. The van der Waals surface area contributed by atoms with Crippen LogP contribution in [-0.2, 0) is 0 Å². The number of aliphatic imine (C=N–C) groups is 1. The van der Waals surface area contributed by atoms with E-state index in [4.69, 9.17) is 13.9 Å². The second-order valence-corrected chi connectivity index (χ2v) is 7.31. The van der Waals surface area contributed by atoms with Gasteiger partial charge in [0.2, 0.25) is 5.88 Å². The molecule has 0 aliphatic heterocycles. The van der Waals surface area contributed by atoms with Crippen LogP contribution in [0.5, 0.6) is 17.2 Å². The summed E-state index contributed by atoms with van der Waals surface area (Å²) < 4.78 is 16.5. The van der Waals surface area contributed by atoms with Crippen molar-refractivity contribution < 1.29 is 23.9 Å². The normalized spacial score (nSPS) is 10.8. The first-order chi connectivity index (χ1) is 16.9. The number of non-ortho nitro benzene ring substituents is 1. The summed E-state index contributed by atoms with van der Waals surface area (Å²) in [5.41, 5.74) is 1.99. The zero-order valence-corrected chi connectivity index (χ0v) is 18.8. The maximum Gasteiger partial charge on any atom is 0.270 e. The van der Waals surface area contributed by atoms with Crippen LogP contribution in [0, 0.1) is 21.4 Å². The van der Waals surface area contributed by atoms with Gasteiger partial charge < -0.3 is 19.0 Å². The number of nitrogens with zero attached hydrogens (tertiary/aromatic N) is 3. The summed E-state index contributed by atoms with van der Waals surface area (Å²) in [7, 11) is 3.13. The van der Waals surface area contributed by atoms with E-state index >= 15 is 0 Å². The summed E-state index contributed by atoms with van der Waals surface area (Å²) in [4.78, 5) is 14.8. The Labute approximate surface area is 200 Å². The van der Waals surface area contributed by atoms with Gasteiger partial charge in [-0.15, -0.1) is 0 Å². The molecule has 0 saturated carbocycles. The number of phenolic OH excluding ortho intramolecular Hbond substituents is 1.